The first-order valence-electron chi connectivity index (χ1n) is 6.06. The maximum absolute atomic E-state index is 11.8. The predicted molar refractivity (Wildman–Crippen MR) is 81.1 cm³/mol. The third-order valence-electron chi connectivity index (χ3n) is 2.62. The van der Waals surface area contributed by atoms with Crippen molar-refractivity contribution >= 4 is 28.9 Å². The number of benzene rings is 2. The van der Waals surface area contributed by atoms with Crippen LogP contribution in [0, 0.1) is 11.3 Å². The summed E-state index contributed by atoms with van der Waals surface area (Å²) in [4.78, 5) is 11.8. The van der Waals surface area contributed by atoms with Gasteiger partial charge in [-0.3, -0.25) is 4.79 Å². The molecule has 0 fully saturated rings. The van der Waals surface area contributed by atoms with Gasteiger partial charge in [0.1, 0.15) is 5.75 Å². The van der Waals surface area contributed by atoms with Gasteiger partial charge < -0.3 is 15.8 Å². The number of carbonyl (C=O) groups is 1. The van der Waals surface area contributed by atoms with E-state index in [9.17, 15) is 4.79 Å². The number of nitrogens with zero attached hydrogens (tertiary/aromatic N) is 1. The normalized spacial score (nSPS) is 9.71. The number of hydrogen-bond acceptors (Lipinski definition) is 4. The molecule has 2 aromatic carbocycles. The second-order valence-corrected chi connectivity index (χ2v) is 4.64. The summed E-state index contributed by atoms with van der Waals surface area (Å²) < 4.78 is 5.32. The number of ether oxygens (including phenoxy) is 1. The van der Waals surface area contributed by atoms with Crippen LogP contribution in [0.3, 0.4) is 0 Å². The smallest absolute Gasteiger partial charge is 0.262 e. The zero-order valence-electron chi connectivity index (χ0n) is 11.0. The highest BCUT2D eigenvalue weighted by molar-refractivity contribution is 6.31. The number of amides is 1. The van der Waals surface area contributed by atoms with Gasteiger partial charge in [0, 0.05) is 5.02 Å². The Balaban J connectivity index is 1.94. The Morgan fingerprint density at radius 1 is 1.33 bits per heavy atom. The molecule has 2 rings (SSSR count). The molecule has 2 aromatic rings. The molecule has 0 spiro atoms. The molecule has 0 aliphatic rings. The summed E-state index contributed by atoms with van der Waals surface area (Å²) in [5, 5.41) is 11.9. The topological polar surface area (TPSA) is 88.1 Å². The zero-order valence-corrected chi connectivity index (χ0v) is 11.7. The Kier molecular flexibility index (Phi) is 4.64. The third kappa shape index (κ3) is 4.13. The minimum Gasteiger partial charge on any atom is -0.484 e. The van der Waals surface area contributed by atoms with Crippen LogP contribution in [0.5, 0.6) is 5.75 Å². The zero-order chi connectivity index (χ0) is 15.2. The molecular formula is C15H12ClN3O2. The van der Waals surface area contributed by atoms with Crippen molar-refractivity contribution in [2.75, 3.05) is 17.7 Å². The van der Waals surface area contributed by atoms with Gasteiger partial charge in [-0.1, -0.05) is 17.7 Å². The summed E-state index contributed by atoms with van der Waals surface area (Å²) >= 11 is 5.78. The van der Waals surface area contributed by atoms with Gasteiger partial charge in [0.05, 0.1) is 23.0 Å². The fourth-order valence-corrected chi connectivity index (χ4v) is 1.82. The summed E-state index contributed by atoms with van der Waals surface area (Å²) in [6.45, 7) is -0.184. The Morgan fingerprint density at radius 2 is 2.14 bits per heavy atom. The van der Waals surface area contributed by atoms with Gasteiger partial charge in [-0.25, -0.2) is 0 Å². The fraction of sp³-hybridized carbons (Fsp3) is 0.0667. The average Bonchev–Trinajstić information content (AvgIpc) is 2.48. The van der Waals surface area contributed by atoms with E-state index in [1.165, 1.54) is 0 Å². The minimum atomic E-state index is -0.355. The lowest BCUT2D eigenvalue weighted by Gasteiger charge is -2.09. The molecule has 21 heavy (non-hydrogen) atoms. The van der Waals surface area contributed by atoms with Crippen LogP contribution < -0.4 is 15.8 Å². The van der Waals surface area contributed by atoms with Gasteiger partial charge in [0.2, 0.25) is 0 Å². The molecule has 106 valence electrons. The van der Waals surface area contributed by atoms with Gasteiger partial charge in [-0.2, -0.15) is 5.26 Å². The monoisotopic (exact) mass is 301 g/mol. The number of nitriles is 1. The van der Waals surface area contributed by atoms with Crippen molar-refractivity contribution < 1.29 is 9.53 Å². The molecule has 1 amide bonds. The highest BCUT2D eigenvalue weighted by Gasteiger charge is 2.07. The lowest BCUT2D eigenvalue weighted by molar-refractivity contribution is -0.118. The van der Waals surface area contributed by atoms with Crippen molar-refractivity contribution in [3.63, 3.8) is 0 Å². The van der Waals surface area contributed by atoms with Gasteiger partial charge in [0.15, 0.2) is 6.61 Å². The maximum Gasteiger partial charge on any atom is 0.262 e. The number of anilines is 2. The molecular weight excluding hydrogens is 290 g/mol. The molecule has 6 heteroatoms. The first-order chi connectivity index (χ1) is 10.1. The van der Waals surface area contributed by atoms with Gasteiger partial charge in [-0.15, -0.1) is 0 Å². The second kappa shape index (κ2) is 6.64. The molecule has 0 atom stereocenters. The molecule has 0 saturated heterocycles. The summed E-state index contributed by atoms with van der Waals surface area (Å²) in [6.07, 6.45) is 0. The molecule has 0 unspecified atom stereocenters. The van der Waals surface area contributed by atoms with Crippen molar-refractivity contribution in [1.29, 1.82) is 5.26 Å². The highest BCUT2D eigenvalue weighted by Crippen LogP contribution is 2.22. The Hall–Kier alpha value is -2.71. The number of nitrogens with one attached hydrogen (secondary N) is 1. The molecule has 0 bridgehead atoms. The van der Waals surface area contributed by atoms with Crippen LogP contribution in [-0.2, 0) is 4.79 Å². The maximum atomic E-state index is 11.8. The van der Waals surface area contributed by atoms with E-state index in [2.05, 4.69) is 5.32 Å². The number of nitrogens with two attached hydrogens (primary N) is 1. The Bertz CT molecular complexity index is 710. The van der Waals surface area contributed by atoms with Crippen LogP contribution >= 0.6 is 11.6 Å². The van der Waals surface area contributed by atoms with E-state index in [0.717, 1.165) is 0 Å². The quantitative estimate of drug-likeness (QED) is 0.850. The summed E-state index contributed by atoms with van der Waals surface area (Å²) in [7, 11) is 0. The largest absolute Gasteiger partial charge is 0.484 e. The highest BCUT2D eigenvalue weighted by atomic mass is 35.5. The van der Waals surface area contributed by atoms with Crippen molar-refractivity contribution in [1.82, 2.24) is 0 Å². The van der Waals surface area contributed by atoms with E-state index in [1.807, 2.05) is 6.07 Å². The fourth-order valence-electron chi connectivity index (χ4n) is 1.64. The summed E-state index contributed by atoms with van der Waals surface area (Å²) in [5.74, 6) is 0.0969. The molecule has 0 radical (unpaired) electrons. The lowest BCUT2D eigenvalue weighted by Crippen LogP contribution is -2.20. The number of halogens is 1. The van der Waals surface area contributed by atoms with E-state index in [-0.39, 0.29) is 12.5 Å². The second-order valence-electron chi connectivity index (χ2n) is 4.21. The average molecular weight is 302 g/mol. The lowest BCUT2D eigenvalue weighted by atomic mass is 10.2. The van der Waals surface area contributed by atoms with E-state index in [4.69, 9.17) is 27.3 Å². The van der Waals surface area contributed by atoms with E-state index < -0.39 is 0 Å². The number of carbonyl (C=O) groups excluding carboxylic acids is 1. The van der Waals surface area contributed by atoms with E-state index in [0.29, 0.717) is 27.7 Å². The molecule has 5 nitrogen and oxygen atoms in total. The molecule has 0 aliphatic carbocycles. The molecule has 0 heterocycles. The molecule has 0 aliphatic heterocycles. The van der Waals surface area contributed by atoms with Gasteiger partial charge in [0.25, 0.3) is 5.91 Å². The molecule has 3 N–H and O–H groups in total. The standard InChI is InChI=1S/C15H12ClN3O2/c16-11-4-5-14(13(18)7-11)19-15(20)9-21-12-3-1-2-10(6-12)8-17/h1-7H,9,18H2,(H,19,20). The number of rotatable bonds is 4. The van der Waals surface area contributed by atoms with E-state index in [1.54, 1.807) is 42.5 Å². The van der Waals surface area contributed by atoms with Crippen LogP contribution in [0.2, 0.25) is 5.02 Å². The number of nitrogen functional groups attached to an aromatic ring is 1. The molecule has 0 aromatic heterocycles. The van der Waals surface area contributed by atoms with Crippen LogP contribution in [0.4, 0.5) is 11.4 Å². The van der Waals surface area contributed by atoms with Crippen LogP contribution in [0.25, 0.3) is 0 Å². The van der Waals surface area contributed by atoms with Crippen molar-refractivity contribution in [3.8, 4) is 11.8 Å². The number of hydrogen-bond donors (Lipinski definition) is 2. The predicted octanol–water partition coefficient (Wildman–Crippen LogP) is 2.81. The minimum absolute atomic E-state index is 0.184. The third-order valence-corrected chi connectivity index (χ3v) is 2.86. The van der Waals surface area contributed by atoms with Crippen molar-refractivity contribution in [3.05, 3.63) is 53.1 Å². The first-order valence-corrected chi connectivity index (χ1v) is 6.44. The summed E-state index contributed by atoms with van der Waals surface area (Å²) in [6, 6.07) is 13.4. The first kappa shape index (κ1) is 14.7. The molecule has 0 saturated carbocycles. The van der Waals surface area contributed by atoms with Crippen molar-refractivity contribution in [2.45, 2.75) is 0 Å². The Morgan fingerprint density at radius 3 is 2.86 bits per heavy atom. The van der Waals surface area contributed by atoms with Crippen LogP contribution in [0.15, 0.2) is 42.5 Å². The van der Waals surface area contributed by atoms with Crippen LogP contribution in [-0.4, -0.2) is 12.5 Å². The van der Waals surface area contributed by atoms with Gasteiger partial charge in [-0.05, 0) is 36.4 Å². The van der Waals surface area contributed by atoms with Crippen molar-refractivity contribution in [2.24, 2.45) is 0 Å². The Labute approximate surface area is 126 Å². The SMILES string of the molecule is N#Cc1cccc(OCC(=O)Nc2ccc(Cl)cc2N)c1. The van der Waals surface area contributed by atoms with E-state index >= 15 is 0 Å². The van der Waals surface area contributed by atoms with Crippen LogP contribution in [0.1, 0.15) is 5.56 Å². The summed E-state index contributed by atoms with van der Waals surface area (Å²) in [5.41, 5.74) is 7.05. The van der Waals surface area contributed by atoms with Gasteiger partial charge >= 0.3 is 0 Å².